The molecule has 0 amide bonds. The molecule has 0 bridgehead atoms. The zero-order valence-corrected chi connectivity index (χ0v) is 19.9. The van der Waals surface area contributed by atoms with Crippen LogP contribution in [0.3, 0.4) is 0 Å². The fourth-order valence-corrected chi connectivity index (χ4v) is 5.10. The maximum absolute atomic E-state index is 6.55. The van der Waals surface area contributed by atoms with Crippen molar-refractivity contribution in [2.24, 2.45) is 5.10 Å². The van der Waals surface area contributed by atoms with E-state index in [1.165, 1.54) is 38.5 Å². The monoisotopic (exact) mass is 475 g/mol. The highest BCUT2D eigenvalue weighted by atomic mass is 35.5. The highest BCUT2D eigenvalue weighted by Gasteiger charge is 2.32. The number of rotatable bonds is 5. The van der Waals surface area contributed by atoms with E-state index in [9.17, 15) is 0 Å². The zero-order chi connectivity index (χ0) is 21.8. The summed E-state index contributed by atoms with van der Waals surface area (Å²) in [6.45, 7) is 0. The lowest BCUT2D eigenvalue weighted by Gasteiger charge is -2.25. The van der Waals surface area contributed by atoms with E-state index in [4.69, 9.17) is 45.3 Å². The lowest BCUT2D eigenvalue weighted by atomic mass is 10.0. The Morgan fingerprint density at radius 2 is 1.77 bits per heavy atom. The van der Waals surface area contributed by atoms with Crippen LogP contribution in [0.1, 0.15) is 56.6 Å². The van der Waals surface area contributed by atoms with E-state index >= 15 is 0 Å². The van der Waals surface area contributed by atoms with Gasteiger partial charge in [0.25, 0.3) is 0 Å². The Kier molecular flexibility index (Phi) is 7.36. The number of halogens is 2. The van der Waals surface area contributed by atoms with Crippen molar-refractivity contribution in [3.8, 4) is 5.75 Å². The van der Waals surface area contributed by atoms with Crippen LogP contribution in [-0.2, 0) is 0 Å². The summed E-state index contributed by atoms with van der Waals surface area (Å²) in [7, 11) is 1.67. The number of methoxy groups -OCH3 is 1. The van der Waals surface area contributed by atoms with Gasteiger partial charge in [-0.05, 0) is 48.7 Å². The van der Waals surface area contributed by atoms with Crippen LogP contribution in [0.5, 0.6) is 5.75 Å². The third kappa shape index (κ3) is 5.33. The van der Waals surface area contributed by atoms with Crippen LogP contribution in [-0.4, -0.2) is 23.9 Å². The summed E-state index contributed by atoms with van der Waals surface area (Å²) in [5.74, 6) is 0.824. The minimum Gasteiger partial charge on any atom is -0.497 e. The molecule has 0 radical (unpaired) electrons. The number of anilines is 1. The lowest BCUT2D eigenvalue weighted by Crippen LogP contribution is -2.37. The maximum atomic E-state index is 6.55. The van der Waals surface area contributed by atoms with Crippen molar-refractivity contribution < 1.29 is 4.74 Å². The molecule has 1 fully saturated rings. The number of hydrazone groups is 1. The van der Waals surface area contributed by atoms with Gasteiger partial charge in [0, 0.05) is 17.5 Å². The van der Waals surface area contributed by atoms with Gasteiger partial charge in [-0.25, -0.2) is 0 Å². The summed E-state index contributed by atoms with van der Waals surface area (Å²) >= 11 is 18.5. The molecule has 7 heteroatoms. The predicted molar refractivity (Wildman–Crippen MR) is 134 cm³/mol. The van der Waals surface area contributed by atoms with Crippen molar-refractivity contribution in [1.29, 1.82) is 0 Å². The number of nitrogens with one attached hydrogen (secondary N) is 1. The molecule has 164 valence electrons. The van der Waals surface area contributed by atoms with Crippen LogP contribution in [0.25, 0.3) is 0 Å². The van der Waals surface area contributed by atoms with E-state index < -0.39 is 0 Å². The van der Waals surface area contributed by atoms with Crippen LogP contribution in [0.15, 0.2) is 47.6 Å². The first-order chi connectivity index (χ1) is 15.0. The summed E-state index contributed by atoms with van der Waals surface area (Å²) < 4.78 is 5.32. The van der Waals surface area contributed by atoms with Crippen LogP contribution in [0, 0.1) is 0 Å². The topological polar surface area (TPSA) is 36.9 Å². The average Bonchev–Trinajstić information content (AvgIpc) is 3.05. The standard InChI is InChI=1S/C24H27Cl2N3OS/c1-30-19-11-8-16(9-12-19)23-15-21(24(31)27-18-6-4-2-3-5-7-18)28-29(23)22-13-10-17(25)14-20(22)26/h8-14,18,23H,2-7,15H2,1H3,(H,27,31). The summed E-state index contributed by atoms with van der Waals surface area (Å²) in [6.07, 6.45) is 8.19. The molecule has 2 aliphatic rings. The van der Waals surface area contributed by atoms with Gasteiger partial charge in [0.15, 0.2) is 0 Å². The highest BCUT2D eigenvalue weighted by molar-refractivity contribution is 7.82. The molecule has 2 aromatic carbocycles. The normalized spacial score (nSPS) is 19.6. The van der Waals surface area contributed by atoms with Crippen molar-refractivity contribution in [3.05, 3.63) is 58.1 Å². The van der Waals surface area contributed by atoms with E-state index in [2.05, 4.69) is 17.4 Å². The average molecular weight is 476 g/mol. The number of thiocarbonyl (C=S) groups is 1. The van der Waals surface area contributed by atoms with Crippen LogP contribution < -0.4 is 15.1 Å². The Morgan fingerprint density at radius 1 is 1.06 bits per heavy atom. The Hall–Kier alpha value is -1.82. The SMILES string of the molecule is COc1ccc(C2CC(C(=S)NC3CCCCCC3)=NN2c2ccc(Cl)cc2Cl)cc1. The molecule has 31 heavy (non-hydrogen) atoms. The van der Waals surface area contributed by atoms with Gasteiger partial charge >= 0.3 is 0 Å². The minimum absolute atomic E-state index is 0.00605. The van der Waals surface area contributed by atoms with Crippen molar-refractivity contribution in [3.63, 3.8) is 0 Å². The third-order valence-corrected chi connectivity index (χ3v) is 6.91. The van der Waals surface area contributed by atoms with Gasteiger partial charge < -0.3 is 10.1 Å². The first kappa shape index (κ1) is 22.4. The van der Waals surface area contributed by atoms with Crippen molar-refractivity contribution >= 4 is 51.8 Å². The van der Waals surface area contributed by atoms with Gasteiger partial charge in [0.2, 0.25) is 0 Å². The molecule has 1 aliphatic carbocycles. The molecule has 1 heterocycles. The first-order valence-electron chi connectivity index (χ1n) is 10.8. The van der Waals surface area contributed by atoms with Crippen LogP contribution in [0.2, 0.25) is 10.0 Å². The minimum atomic E-state index is -0.00605. The van der Waals surface area contributed by atoms with Gasteiger partial charge in [-0.1, -0.05) is 73.2 Å². The molecule has 4 rings (SSSR count). The molecule has 2 aromatic rings. The van der Waals surface area contributed by atoms with E-state index in [1.807, 2.05) is 29.3 Å². The number of hydrogen-bond donors (Lipinski definition) is 1. The fourth-order valence-electron chi connectivity index (χ4n) is 4.31. The van der Waals surface area contributed by atoms with Crippen LogP contribution in [0.4, 0.5) is 5.69 Å². The first-order valence-corrected chi connectivity index (χ1v) is 12.0. The Bertz CT molecular complexity index is 956. The second kappa shape index (κ2) is 10.2. The molecule has 1 unspecified atom stereocenters. The molecular weight excluding hydrogens is 449 g/mol. The van der Waals surface area contributed by atoms with E-state index in [0.717, 1.165) is 27.7 Å². The molecule has 0 saturated heterocycles. The summed E-state index contributed by atoms with van der Waals surface area (Å²) in [4.78, 5) is 0.748. The van der Waals surface area contributed by atoms with Crippen molar-refractivity contribution in [2.75, 3.05) is 12.1 Å². The summed E-state index contributed by atoms with van der Waals surface area (Å²) in [6, 6.07) is 14.0. The second-order valence-corrected chi connectivity index (χ2v) is 9.39. The second-order valence-electron chi connectivity index (χ2n) is 8.14. The fraction of sp³-hybridized carbons (Fsp3) is 0.417. The van der Waals surface area contributed by atoms with Crippen molar-refractivity contribution in [1.82, 2.24) is 5.32 Å². The Labute approximate surface area is 199 Å². The molecule has 4 nitrogen and oxygen atoms in total. The Balaban J connectivity index is 1.61. The zero-order valence-electron chi connectivity index (χ0n) is 17.6. The van der Waals surface area contributed by atoms with Gasteiger partial charge in [0.1, 0.15) is 10.7 Å². The maximum Gasteiger partial charge on any atom is 0.123 e. The number of nitrogens with zero attached hydrogens (tertiary/aromatic N) is 2. The molecule has 1 aliphatic heterocycles. The number of benzene rings is 2. The number of hydrogen-bond acceptors (Lipinski definition) is 4. The summed E-state index contributed by atoms with van der Waals surface area (Å²) in [5.41, 5.74) is 2.84. The smallest absolute Gasteiger partial charge is 0.123 e. The van der Waals surface area contributed by atoms with E-state index in [1.54, 1.807) is 13.2 Å². The highest BCUT2D eigenvalue weighted by Crippen LogP contribution is 2.40. The molecule has 1 atom stereocenters. The molecule has 1 N–H and O–H groups in total. The quantitative estimate of drug-likeness (QED) is 0.374. The van der Waals surface area contributed by atoms with E-state index in [-0.39, 0.29) is 6.04 Å². The molecule has 0 aromatic heterocycles. The molecular formula is C24H27Cl2N3OS. The molecule has 0 spiro atoms. The van der Waals surface area contributed by atoms with Gasteiger partial charge in [-0.2, -0.15) is 5.10 Å². The van der Waals surface area contributed by atoms with Crippen LogP contribution >= 0.6 is 35.4 Å². The van der Waals surface area contributed by atoms with Crippen molar-refractivity contribution in [2.45, 2.75) is 57.0 Å². The summed E-state index contributed by atoms with van der Waals surface area (Å²) in [5, 5.41) is 11.7. The number of ether oxygens (including phenoxy) is 1. The van der Waals surface area contributed by atoms with Gasteiger partial charge in [-0.15, -0.1) is 0 Å². The molecule has 1 saturated carbocycles. The lowest BCUT2D eigenvalue weighted by molar-refractivity contribution is 0.414. The van der Waals surface area contributed by atoms with E-state index in [0.29, 0.717) is 22.5 Å². The third-order valence-electron chi connectivity index (χ3n) is 6.02. The van der Waals surface area contributed by atoms with Gasteiger partial charge in [-0.3, -0.25) is 5.01 Å². The predicted octanol–water partition coefficient (Wildman–Crippen LogP) is 6.95. The van der Waals surface area contributed by atoms with Gasteiger partial charge in [0.05, 0.1) is 29.6 Å². The largest absolute Gasteiger partial charge is 0.497 e. The Morgan fingerprint density at radius 3 is 2.42 bits per heavy atom.